The number of nitrogens with zero attached hydrogens (tertiary/aromatic N) is 2. The number of rotatable bonds is 6. The molecule has 0 aliphatic carbocycles. The summed E-state index contributed by atoms with van der Waals surface area (Å²) < 4.78 is -0.809. The van der Waals surface area contributed by atoms with Crippen molar-refractivity contribution in [1.29, 1.82) is 0 Å². The summed E-state index contributed by atoms with van der Waals surface area (Å²) in [5, 5.41) is 16.3. The molecule has 38 heavy (non-hydrogen) atoms. The summed E-state index contributed by atoms with van der Waals surface area (Å²) in [6.45, 7) is 3.40. The van der Waals surface area contributed by atoms with E-state index >= 15 is 0 Å². The Hall–Kier alpha value is -3.19. The minimum absolute atomic E-state index is 0. The molecular weight excluding hydrogens is 521 g/mol. The molecule has 11 nitrogen and oxygen atoms in total. The van der Waals surface area contributed by atoms with Gasteiger partial charge in [-0.3, -0.25) is 24.2 Å². The van der Waals surface area contributed by atoms with Crippen molar-refractivity contribution in [3.05, 3.63) is 76.2 Å². The van der Waals surface area contributed by atoms with E-state index in [0.717, 1.165) is 0 Å². The number of aromatic nitrogens is 2. The second-order valence-corrected chi connectivity index (χ2v) is 11.1. The SMILES string of the molecule is CC1(C)S[C@@H]2[C@H](NC(=O)C(NC(=O)c3c[nH]c4cccnc4c3=O)c3ccccc3)C(=O)N2[C@H]1C(=O)[O-].[Na+]. The number of benzene rings is 1. The molecule has 0 saturated carbocycles. The van der Waals surface area contributed by atoms with Gasteiger partial charge in [0.05, 0.1) is 17.5 Å². The number of aliphatic carboxylic acids is 1. The summed E-state index contributed by atoms with van der Waals surface area (Å²) >= 11 is 1.26. The number of aromatic amines is 1. The molecule has 13 heteroatoms. The Balaban J connectivity index is 0.00000336. The smallest absolute Gasteiger partial charge is 0.548 e. The number of thioether (sulfide) groups is 1. The Morgan fingerprint density at radius 1 is 1.13 bits per heavy atom. The fraction of sp³-hybridized carbons (Fsp3) is 0.280. The summed E-state index contributed by atoms with van der Waals surface area (Å²) in [6, 6.07) is 8.34. The molecule has 0 spiro atoms. The zero-order valence-electron chi connectivity index (χ0n) is 20.8. The Morgan fingerprint density at radius 2 is 1.84 bits per heavy atom. The van der Waals surface area contributed by atoms with Gasteiger partial charge in [-0.2, -0.15) is 0 Å². The molecule has 2 fully saturated rings. The largest absolute Gasteiger partial charge is 1.00 e. The molecule has 1 unspecified atom stereocenters. The first-order valence-electron chi connectivity index (χ1n) is 11.4. The zero-order valence-corrected chi connectivity index (χ0v) is 23.6. The first kappa shape index (κ1) is 27.8. The van der Waals surface area contributed by atoms with Crippen LogP contribution in [0.2, 0.25) is 0 Å². The van der Waals surface area contributed by atoms with Crippen LogP contribution in [0.5, 0.6) is 0 Å². The van der Waals surface area contributed by atoms with E-state index in [1.54, 1.807) is 56.3 Å². The minimum atomic E-state index is -1.36. The number of carboxylic acids is 1. The van der Waals surface area contributed by atoms with Gasteiger partial charge in [0.15, 0.2) is 0 Å². The molecule has 3 N–H and O–H groups in total. The Bertz CT molecular complexity index is 1500. The number of amides is 3. The van der Waals surface area contributed by atoms with Gasteiger partial charge in [-0.1, -0.05) is 30.3 Å². The molecule has 2 aliphatic heterocycles. The van der Waals surface area contributed by atoms with Gasteiger partial charge in [0, 0.05) is 17.1 Å². The molecule has 2 aliphatic rings. The van der Waals surface area contributed by atoms with Crippen LogP contribution in [0, 0.1) is 0 Å². The fourth-order valence-corrected chi connectivity index (χ4v) is 6.35. The number of H-pyrrole nitrogens is 1. The Kier molecular flexibility index (Phi) is 7.71. The minimum Gasteiger partial charge on any atom is -0.548 e. The van der Waals surface area contributed by atoms with Crippen LogP contribution in [0.3, 0.4) is 0 Å². The molecule has 1 aromatic carbocycles. The van der Waals surface area contributed by atoms with E-state index in [1.807, 2.05) is 0 Å². The van der Waals surface area contributed by atoms with Crippen molar-refractivity contribution in [2.45, 2.75) is 42.1 Å². The normalized spacial score (nSPS) is 22.0. The monoisotopic (exact) mass is 543 g/mol. The maximum Gasteiger partial charge on any atom is 1.00 e. The summed E-state index contributed by atoms with van der Waals surface area (Å²) in [7, 11) is 0. The molecule has 3 aromatic rings. The van der Waals surface area contributed by atoms with Crippen molar-refractivity contribution in [1.82, 2.24) is 25.5 Å². The maximum atomic E-state index is 13.4. The number of carbonyl (C=O) groups excluding carboxylic acids is 4. The van der Waals surface area contributed by atoms with Crippen LogP contribution in [0.1, 0.15) is 35.8 Å². The average Bonchev–Trinajstić information content (AvgIpc) is 3.14. The zero-order chi connectivity index (χ0) is 26.5. The van der Waals surface area contributed by atoms with Crippen LogP contribution in [0.15, 0.2) is 59.7 Å². The van der Waals surface area contributed by atoms with Crippen LogP contribution < -0.4 is 50.7 Å². The molecule has 190 valence electrons. The number of hydrogen-bond acceptors (Lipinski definition) is 8. The summed E-state index contributed by atoms with van der Waals surface area (Å²) in [5.74, 6) is -3.38. The third-order valence-corrected chi connectivity index (χ3v) is 8.09. The summed E-state index contributed by atoms with van der Waals surface area (Å²) in [5.41, 5.74) is 0.150. The van der Waals surface area contributed by atoms with Crippen molar-refractivity contribution in [2.24, 2.45) is 0 Å². The van der Waals surface area contributed by atoms with E-state index in [2.05, 4.69) is 20.6 Å². The van der Waals surface area contributed by atoms with Gasteiger partial charge in [-0.25, -0.2) is 0 Å². The fourth-order valence-electron chi connectivity index (χ4n) is 4.73. The first-order valence-corrected chi connectivity index (χ1v) is 12.3. The topological polar surface area (TPSA) is 164 Å². The van der Waals surface area contributed by atoms with E-state index in [9.17, 15) is 29.1 Å². The molecule has 2 aromatic heterocycles. The molecule has 3 amide bonds. The molecule has 5 rings (SSSR count). The van der Waals surface area contributed by atoms with Crippen molar-refractivity contribution < 1.29 is 53.8 Å². The van der Waals surface area contributed by atoms with E-state index in [1.165, 1.54) is 29.1 Å². The maximum absolute atomic E-state index is 13.4. The van der Waals surface area contributed by atoms with Crippen molar-refractivity contribution >= 4 is 46.5 Å². The number of pyridine rings is 2. The van der Waals surface area contributed by atoms with Crippen LogP contribution in [-0.4, -0.2) is 60.8 Å². The standard InChI is InChI=1S/C25H23N5O6S.Na/c1-25(2)19(24(35)36)30-22(34)17(23(30)37-25)29-21(33)15(12-7-4-3-5-8-12)28-20(32)13-11-27-14-9-6-10-26-16(14)18(13)31;/h3-11,15,17,19,23H,1-2H3,(H,27,31)(H,28,32)(H,29,33)(H,35,36);/q;+1/p-1/t15?,17-,19+,23-;/m1./s1. The molecule has 4 heterocycles. The first-order chi connectivity index (χ1) is 17.6. The number of carbonyl (C=O) groups is 4. The van der Waals surface area contributed by atoms with Crippen LogP contribution in [-0.2, 0) is 14.4 Å². The van der Waals surface area contributed by atoms with E-state index in [-0.39, 0.29) is 40.6 Å². The second kappa shape index (κ2) is 10.5. The van der Waals surface area contributed by atoms with Gasteiger partial charge in [0.1, 0.15) is 28.5 Å². The number of β-lactam (4-membered cyclic amide) rings is 1. The summed E-state index contributed by atoms with van der Waals surface area (Å²) in [4.78, 5) is 71.9. The summed E-state index contributed by atoms with van der Waals surface area (Å²) in [6.07, 6.45) is 2.69. The van der Waals surface area contributed by atoms with Crippen molar-refractivity contribution in [3.63, 3.8) is 0 Å². The van der Waals surface area contributed by atoms with Gasteiger partial charge in [-0.15, -0.1) is 11.8 Å². The van der Waals surface area contributed by atoms with Crippen molar-refractivity contribution in [2.75, 3.05) is 0 Å². The number of nitrogens with one attached hydrogen (secondary N) is 3. The molecule has 2 saturated heterocycles. The number of fused-ring (bicyclic) bond motifs is 2. The number of hydrogen-bond donors (Lipinski definition) is 3. The Morgan fingerprint density at radius 3 is 2.53 bits per heavy atom. The third kappa shape index (κ3) is 4.73. The van der Waals surface area contributed by atoms with E-state index < -0.39 is 57.4 Å². The third-order valence-electron chi connectivity index (χ3n) is 6.52. The molecular formula is C25H22N5NaO6S. The van der Waals surface area contributed by atoms with Crippen LogP contribution in [0.4, 0.5) is 0 Å². The second-order valence-electron chi connectivity index (χ2n) is 9.31. The molecule has 0 bridgehead atoms. The van der Waals surface area contributed by atoms with E-state index in [0.29, 0.717) is 11.1 Å². The average molecular weight is 544 g/mol. The quantitative estimate of drug-likeness (QED) is 0.215. The van der Waals surface area contributed by atoms with Crippen LogP contribution in [0.25, 0.3) is 11.0 Å². The molecule has 4 atom stereocenters. The predicted molar refractivity (Wildman–Crippen MR) is 132 cm³/mol. The van der Waals surface area contributed by atoms with Gasteiger partial charge >= 0.3 is 29.6 Å². The predicted octanol–water partition coefficient (Wildman–Crippen LogP) is -3.30. The Labute approximate surface area is 243 Å². The van der Waals surface area contributed by atoms with Gasteiger partial charge < -0.3 is 30.4 Å². The van der Waals surface area contributed by atoms with Crippen molar-refractivity contribution in [3.8, 4) is 0 Å². The molecule has 0 radical (unpaired) electrons. The van der Waals surface area contributed by atoms with Gasteiger partial charge in [-0.05, 0) is 31.5 Å². The van der Waals surface area contributed by atoms with Crippen LogP contribution >= 0.6 is 11.8 Å². The van der Waals surface area contributed by atoms with E-state index in [4.69, 9.17) is 0 Å². The van der Waals surface area contributed by atoms with Gasteiger partial charge in [0.2, 0.25) is 17.2 Å². The van der Waals surface area contributed by atoms with Gasteiger partial charge in [0.25, 0.3) is 5.91 Å². The number of carboxylic acid groups (broad SMARTS) is 1.